The summed E-state index contributed by atoms with van der Waals surface area (Å²) in [5.41, 5.74) is 5.44. The first-order valence-electron chi connectivity index (χ1n) is 12.0. The average Bonchev–Trinajstić information content (AvgIpc) is 3.61. The fourth-order valence-electron chi connectivity index (χ4n) is 4.88. The van der Waals surface area contributed by atoms with E-state index >= 15 is 0 Å². The molecule has 7 heteroatoms. The predicted octanol–water partition coefficient (Wildman–Crippen LogP) is 4.87. The number of rotatable bonds is 6. The summed E-state index contributed by atoms with van der Waals surface area (Å²) in [6.07, 6.45) is 6.45. The SMILES string of the molecule is Cc1cc(C)cc(C(C)N2CCC(COc3cc(=N)n(C(=N)N(C)S)cc3C3CC3)CC2)c1. The van der Waals surface area contributed by atoms with Crippen LogP contribution in [-0.2, 0) is 0 Å². The van der Waals surface area contributed by atoms with Crippen LogP contribution in [0.15, 0.2) is 30.5 Å². The van der Waals surface area contributed by atoms with Gasteiger partial charge in [0.25, 0.3) is 0 Å². The third-order valence-electron chi connectivity index (χ3n) is 7.03. The number of benzene rings is 1. The molecule has 4 rings (SSSR count). The smallest absolute Gasteiger partial charge is 0.213 e. The van der Waals surface area contributed by atoms with Gasteiger partial charge in [0.05, 0.1) is 6.61 Å². The van der Waals surface area contributed by atoms with Gasteiger partial charge in [-0.15, -0.1) is 0 Å². The number of hydrogen-bond donors (Lipinski definition) is 3. The third kappa shape index (κ3) is 5.64. The quantitative estimate of drug-likeness (QED) is 0.322. The fourth-order valence-corrected chi connectivity index (χ4v) is 4.98. The minimum absolute atomic E-state index is 0.169. The molecule has 1 aromatic carbocycles. The van der Waals surface area contributed by atoms with E-state index in [4.69, 9.17) is 15.6 Å². The molecular formula is C26H37N5OS. The number of aromatic nitrogens is 1. The molecule has 1 saturated carbocycles. The number of aryl methyl sites for hydroxylation is 2. The van der Waals surface area contributed by atoms with Crippen LogP contribution in [0.25, 0.3) is 0 Å². The summed E-state index contributed by atoms with van der Waals surface area (Å²) in [6, 6.07) is 9.08. The van der Waals surface area contributed by atoms with E-state index < -0.39 is 0 Å². The van der Waals surface area contributed by atoms with E-state index in [9.17, 15) is 0 Å². The van der Waals surface area contributed by atoms with Crippen LogP contribution < -0.4 is 10.2 Å². The van der Waals surface area contributed by atoms with Crippen LogP contribution in [0.2, 0.25) is 0 Å². The number of hydrogen-bond acceptors (Lipinski definition) is 5. The minimum atomic E-state index is 0.169. The van der Waals surface area contributed by atoms with Gasteiger partial charge in [0.2, 0.25) is 5.96 Å². The first-order chi connectivity index (χ1) is 15.7. The molecule has 0 amide bonds. The van der Waals surface area contributed by atoms with Crippen molar-refractivity contribution in [2.24, 2.45) is 5.92 Å². The Morgan fingerprint density at radius 1 is 1.12 bits per heavy atom. The van der Waals surface area contributed by atoms with Gasteiger partial charge in [0.15, 0.2) is 0 Å². The Kier molecular flexibility index (Phi) is 7.19. The average molecular weight is 468 g/mol. The summed E-state index contributed by atoms with van der Waals surface area (Å²) < 4.78 is 9.30. The van der Waals surface area contributed by atoms with E-state index in [1.54, 1.807) is 17.7 Å². The van der Waals surface area contributed by atoms with Crippen molar-refractivity contribution in [1.82, 2.24) is 13.8 Å². The zero-order valence-electron chi connectivity index (χ0n) is 20.3. The normalized spacial score (nSPS) is 18.2. The van der Waals surface area contributed by atoms with Gasteiger partial charge in [-0.2, -0.15) is 0 Å². The van der Waals surface area contributed by atoms with Crippen LogP contribution in [0, 0.1) is 30.6 Å². The topological polar surface area (TPSA) is 68.3 Å². The molecule has 2 aliphatic rings. The van der Waals surface area contributed by atoms with Crippen LogP contribution in [0.4, 0.5) is 0 Å². The summed E-state index contributed by atoms with van der Waals surface area (Å²) in [4.78, 5) is 2.59. The lowest BCUT2D eigenvalue weighted by Gasteiger charge is -2.36. The van der Waals surface area contributed by atoms with Gasteiger partial charge in [0.1, 0.15) is 11.2 Å². The number of nitrogens with zero attached hydrogens (tertiary/aromatic N) is 3. The summed E-state index contributed by atoms with van der Waals surface area (Å²) in [5.74, 6) is 2.00. The summed E-state index contributed by atoms with van der Waals surface area (Å²) >= 11 is 4.21. The zero-order valence-corrected chi connectivity index (χ0v) is 21.2. The molecule has 6 nitrogen and oxygen atoms in total. The number of thiol groups is 1. The second-order valence-corrected chi connectivity index (χ2v) is 10.5. The van der Waals surface area contributed by atoms with Gasteiger partial charge in [-0.3, -0.25) is 24.6 Å². The van der Waals surface area contributed by atoms with Crippen LogP contribution in [0.5, 0.6) is 5.75 Å². The van der Waals surface area contributed by atoms with Crippen molar-refractivity contribution in [3.05, 3.63) is 58.2 Å². The van der Waals surface area contributed by atoms with Crippen molar-refractivity contribution in [2.75, 3.05) is 26.7 Å². The molecule has 1 unspecified atom stereocenters. The second-order valence-electron chi connectivity index (χ2n) is 9.86. The van der Waals surface area contributed by atoms with Crippen molar-refractivity contribution < 1.29 is 4.74 Å². The summed E-state index contributed by atoms with van der Waals surface area (Å²) in [7, 11) is 1.70. The van der Waals surface area contributed by atoms with Crippen molar-refractivity contribution in [2.45, 2.75) is 58.4 Å². The maximum atomic E-state index is 8.38. The molecule has 2 heterocycles. The lowest BCUT2D eigenvalue weighted by Crippen LogP contribution is -2.37. The lowest BCUT2D eigenvalue weighted by molar-refractivity contribution is 0.112. The van der Waals surface area contributed by atoms with E-state index in [1.807, 2.05) is 6.20 Å². The Balaban J connectivity index is 1.37. The van der Waals surface area contributed by atoms with E-state index in [-0.39, 0.29) is 11.4 Å². The number of likely N-dealkylation sites (tertiary alicyclic amines) is 1. The largest absolute Gasteiger partial charge is 0.493 e. The van der Waals surface area contributed by atoms with Crippen molar-refractivity contribution >= 4 is 18.8 Å². The Labute approximate surface area is 203 Å². The van der Waals surface area contributed by atoms with Crippen LogP contribution >= 0.6 is 12.8 Å². The molecule has 1 aliphatic heterocycles. The van der Waals surface area contributed by atoms with E-state index in [0.29, 0.717) is 24.5 Å². The highest BCUT2D eigenvalue weighted by Gasteiger charge is 2.29. The Morgan fingerprint density at radius 3 is 2.33 bits per heavy atom. The summed E-state index contributed by atoms with van der Waals surface area (Å²) in [5, 5.41) is 16.6. The molecule has 2 fully saturated rings. The van der Waals surface area contributed by atoms with Gasteiger partial charge >= 0.3 is 0 Å². The molecule has 1 saturated heterocycles. The Hall–Kier alpha value is -2.25. The minimum Gasteiger partial charge on any atom is -0.493 e. The van der Waals surface area contributed by atoms with Gasteiger partial charge in [-0.05, 0) is 76.9 Å². The van der Waals surface area contributed by atoms with E-state index in [2.05, 4.69) is 56.7 Å². The van der Waals surface area contributed by atoms with Gasteiger partial charge < -0.3 is 4.74 Å². The maximum absolute atomic E-state index is 8.38. The van der Waals surface area contributed by atoms with E-state index in [0.717, 1.165) is 50.1 Å². The van der Waals surface area contributed by atoms with Gasteiger partial charge in [-0.25, -0.2) is 0 Å². The first-order valence-corrected chi connectivity index (χ1v) is 12.4. The lowest BCUT2D eigenvalue weighted by atomic mass is 9.94. The highest BCUT2D eigenvalue weighted by atomic mass is 32.1. The third-order valence-corrected chi connectivity index (χ3v) is 7.22. The fraction of sp³-hybridized carbons (Fsp3) is 0.538. The monoisotopic (exact) mass is 467 g/mol. The predicted molar refractivity (Wildman–Crippen MR) is 136 cm³/mol. The Morgan fingerprint density at radius 2 is 1.76 bits per heavy atom. The maximum Gasteiger partial charge on any atom is 0.213 e. The van der Waals surface area contributed by atoms with E-state index in [1.165, 1.54) is 21.0 Å². The summed E-state index contributed by atoms with van der Waals surface area (Å²) in [6.45, 7) is 9.54. The Bertz CT molecular complexity index is 1050. The van der Waals surface area contributed by atoms with Crippen LogP contribution in [0.1, 0.15) is 66.8 Å². The molecule has 178 valence electrons. The van der Waals surface area contributed by atoms with Gasteiger partial charge in [-0.1, -0.05) is 42.1 Å². The molecule has 2 N–H and O–H groups in total. The number of piperidine rings is 1. The second kappa shape index (κ2) is 9.94. The standard InChI is InChI=1S/C26H37N5OS/c1-17-11-18(2)13-22(12-17)19(3)30-9-7-20(8-10-30)16-32-24-14-25(27)31(26(28)29(4)33)15-23(24)21-5-6-21/h11-15,19-21,27-28,33H,5-10,16H2,1-4H3. The molecule has 1 aliphatic carbocycles. The molecule has 0 bridgehead atoms. The molecule has 0 radical (unpaired) electrons. The molecule has 1 aromatic heterocycles. The first kappa shape index (κ1) is 23.9. The highest BCUT2D eigenvalue weighted by molar-refractivity contribution is 7.78. The van der Waals surface area contributed by atoms with Crippen molar-refractivity contribution in [1.29, 1.82) is 10.8 Å². The molecular weight excluding hydrogens is 430 g/mol. The van der Waals surface area contributed by atoms with Crippen LogP contribution in [-0.4, -0.2) is 46.5 Å². The van der Waals surface area contributed by atoms with Crippen molar-refractivity contribution in [3.8, 4) is 5.75 Å². The number of pyridine rings is 1. The number of ether oxygens (including phenoxy) is 1. The highest BCUT2D eigenvalue weighted by Crippen LogP contribution is 2.44. The van der Waals surface area contributed by atoms with Crippen LogP contribution in [0.3, 0.4) is 0 Å². The molecule has 1 atom stereocenters. The zero-order chi connectivity index (χ0) is 23.7. The van der Waals surface area contributed by atoms with Crippen molar-refractivity contribution in [3.63, 3.8) is 0 Å². The van der Waals surface area contributed by atoms with Gasteiger partial charge in [0, 0.05) is 30.9 Å². The number of nitrogens with one attached hydrogen (secondary N) is 2. The molecule has 33 heavy (non-hydrogen) atoms. The molecule has 2 aromatic rings. The molecule has 0 spiro atoms.